The second kappa shape index (κ2) is 5.07. The largest absolute Gasteiger partial charge is 0.496 e. The summed E-state index contributed by atoms with van der Waals surface area (Å²) in [5.41, 5.74) is 2.28. The minimum absolute atomic E-state index is 0.600. The van der Waals surface area contributed by atoms with Gasteiger partial charge in [0, 0.05) is 16.6 Å². The van der Waals surface area contributed by atoms with Crippen LogP contribution in [0.5, 0.6) is 5.75 Å². The van der Waals surface area contributed by atoms with E-state index < -0.39 is 0 Å². The fraction of sp³-hybridized carbons (Fsp3) is 0.538. The predicted octanol–water partition coefficient (Wildman–Crippen LogP) is 2.95. The molecule has 1 unspecified atom stereocenters. The lowest BCUT2D eigenvalue weighted by atomic mass is 10.0. The number of hydrogen-bond donors (Lipinski definition) is 1. The SMILES string of the molecule is COc1cc(CC2CCCN2)cc(Cl)c1C. The molecule has 1 aliphatic heterocycles. The monoisotopic (exact) mass is 239 g/mol. The second-order valence-corrected chi connectivity index (χ2v) is 4.81. The third-order valence-corrected chi connectivity index (χ3v) is 3.61. The van der Waals surface area contributed by atoms with Gasteiger partial charge in [0.15, 0.2) is 0 Å². The highest BCUT2D eigenvalue weighted by atomic mass is 35.5. The summed E-state index contributed by atoms with van der Waals surface area (Å²) >= 11 is 6.18. The van der Waals surface area contributed by atoms with Crippen molar-refractivity contribution in [2.45, 2.75) is 32.2 Å². The Kier molecular flexibility index (Phi) is 3.72. The summed E-state index contributed by atoms with van der Waals surface area (Å²) in [4.78, 5) is 0. The van der Waals surface area contributed by atoms with E-state index >= 15 is 0 Å². The molecule has 0 bridgehead atoms. The van der Waals surface area contributed by atoms with Crippen LogP contribution in [0.2, 0.25) is 5.02 Å². The number of ether oxygens (including phenoxy) is 1. The Labute approximate surface area is 102 Å². The van der Waals surface area contributed by atoms with Gasteiger partial charge >= 0.3 is 0 Å². The van der Waals surface area contributed by atoms with Crippen LogP contribution in [-0.2, 0) is 6.42 Å². The molecule has 1 N–H and O–H groups in total. The Morgan fingerprint density at radius 1 is 1.50 bits per heavy atom. The molecule has 0 amide bonds. The summed E-state index contributed by atoms with van der Waals surface area (Å²) in [6.45, 7) is 3.13. The van der Waals surface area contributed by atoms with Crippen molar-refractivity contribution in [3.05, 3.63) is 28.3 Å². The maximum atomic E-state index is 6.18. The fourth-order valence-corrected chi connectivity index (χ4v) is 2.49. The summed E-state index contributed by atoms with van der Waals surface area (Å²) in [6.07, 6.45) is 3.57. The molecule has 1 atom stereocenters. The minimum Gasteiger partial charge on any atom is -0.496 e. The highest BCUT2D eigenvalue weighted by Crippen LogP contribution is 2.28. The lowest BCUT2D eigenvalue weighted by Gasteiger charge is -2.13. The van der Waals surface area contributed by atoms with Crippen LogP contribution in [0.1, 0.15) is 24.0 Å². The summed E-state index contributed by atoms with van der Waals surface area (Å²) in [5, 5.41) is 4.29. The first-order valence-corrected chi connectivity index (χ1v) is 6.15. The van der Waals surface area contributed by atoms with Gasteiger partial charge in [0.2, 0.25) is 0 Å². The van der Waals surface area contributed by atoms with Gasteiger partial charge in [-0.1, -0.05) is 11.6 Å². The van der Waals surface area contributed by atoms with E-state index in [9.17, 15) is 0 Å². The molecule has 0 aromatic heterocycles. The number of hydrogen-bond acceptors (Lipinski definition) is 2. The van der Waals surface area contributed by atoms with Crippen molar-refractivity contribution in [2.24, 2.45) is 0 Å². The molecule has 1 heterocycles. The van der Waals surface area contributed by atoms with Gasteiger partial charge in [-0.25, -0.2) is 0 Å². The number of benzene rings is 1. The smallest absolute Gasteiger partial charge is 0.123 e. The van der Waals surface area contributed by atoms with Gasteiger partial charge in [0.25, 0.3) is 0 Å². The predicted molar refractivity (Wildman–Crippen MR) is 67.5 cm³/mol. The Hall–Kier alpha value is -0.730. The van der Waals surface area contributed by atoms with E-state index in [0.717, 1.165) is 29.3 Å². The van der Waals surface area contributed by atoms with E-state index in [1.165, 1.54) is 18.4 Å². The van der Waals surface area contributed by atoms with E-state index in [0.29, 0.717) is 6.04 Å². The van der Waals surface area contributed by atoms with Crippen LogP contribution in [0, 0.1) is 6.92 Å². The zero-order valence-electron chi connectivity index (χ0n) is 9.85. The minimum atomic E-state index is 0.600. The van der Waals surface area contributed by atoms with Crippen molar-refractivity contribution in [3.8, 4) is 5.75 Å². The van der Waals surface area contributed by atoms with Gasteiger partial charge in [-0.3, -0.25) is 0 Å². The van der Waals surface area contributed by atoms with Crippen molar-refractivity contribution < 1.29 is 4.74 Å². The average Bonchev–Trinajstić information content (AvgIpc) is 2.76. The van der Waals surface area contributed by atoms with E-state index in [4.69, 9.17) is 16.3 Å². The lowest BCUT2D eigenvalue weighted by molar-refractivity contribution is 0.411. The molecule has 0 saturated carbocycles. The molecule has 2 nitrogen and oxygen atoms in total. The Morgan fingerprint density at radius 3 is 2.94 bits per heavy atom. The van der Waals surface area contributed by atoms with Crippen molar-refractivity contribution in [1.82, 2.24) is 5.32 Å². The summed E-state index contributed by atoms with van der Waals surface area (Å²) in [7, 11) is 1.69. The van der Waals surface area contributed by atoms with E-state index in [1.54, 1.807) is 7.11 Å². The van der Waals surface area contributed by atoms with Gasteiger partial charge in [0.1, 0.15) is 5.75 Å². The van der Waals surface area contributed by atoms with Gasteiger partial charge in [-0.15, -0.1) is 0 Å². The average molecular weight is 240 g/mol. The molecular formula is C13H18ClNO. The van der Waals surface area contributed by atoms with E-state index in [1.807, 2.05) is 6.92 Å². The van der Waals surface area contributed by atoms with Crippen molar-refractivity contribution in [1.29, 1.82) is 0 Å². The quantitative estimate of drug-likeness (QED) is 0.876. The summed E-state index contributed by atoms with van der Waals surface area (Å²) in [6, 6.07) is 4.75. The number of methoxy groups -OCH3 is 1. The van der Waals surface area contributed by atoms with E-state index in [2.05, 4.69) is 17.4 Å². The Bertz CT molecular complexity index is 372. The van der Waals surface area contributed by atoms with Gasteiger partial charge < -0.3 is 10.1 Å². The molecule has 3 heteroatoms. The maximum Gasteiger partial charge on any atom is 0.123 e. The van der Waals surface area contributed by atoms with E-state index in [-0.39, 0.29) is 0 Å². The molecule has 0 radical (unpaired) electrons. The molecule has 16 heavy (non-hydrogen) atoms. The third-order valence-electron chi connectivity index (χ3n) is 3.22. The molecule has 1 aromatic rings. The first kappa shape index (κ1) is 11.7. The van der Waals surface area contributed by atoms with Gasteiger partial charge in [0.05, 0.1) is 7.11 Å². The maximum absolute atomic E-state index is 6.18. The topological polar surface area (TPSA) is 21.3 Å². The molecule has 1 aliphatic rings. The van der Waals surface area contributed by atoms with Gasteiger partial charge in [-0.2, -0.15) is 0 Å². The Morgan fingerprint density at radius 2 is 2.31 bits per heavy atom. The summed E-state index contributed by atoms with van der Waals surface area (Å²) in [5.74, 6) is 0.889. The van der Waals surface area contributed by atoms with Crippen LogP contribution in [0.25, 0.3) is 0 Å². The van der Waals surface area contributed by atoms with Crippen LogP contribution >= 0.6 is 11.6 Å². The Balaban J connectivity index is 2.17. The molecule has 1 aromatic carbocycles. The van der Waals surface area contributed by atoms with Crippen LogP contribution in [0.4, 0.5) is 0 Å². The number of rotatable bonds is 3. The molecule has 0 spiro atoms. The third kappa shape index (κ3) is 2.50. The highest BCUT2D eigenvalue weighted by molar-refractivity contribution is 6.31. The fourth-order valence-electron chi connectivity index (χ4n) is 2.25. The molecule has 88 valence electrons. The van der Waals surface area contributed by atoms with Crippen LogP contribution in [-0.4, -0.2) is 19.7 Å². The van der Waals surface area contributed by atoms with Crippen LogP contribution in [0.15, 0.2) is 12.1 Å². The summed E-state index contributed by atoms with van der Waals surface area (Å²) < 4.78 is 5.33. The van der Waals surface area contributed by atoms with Crippen molar-refractivity contribution in [2.75, 3.05) is 13.7 Å². The van der Waals surface area contributed by atoms with Gasteiger partial charge in [-0.05, 0) is 50.4 Å². The second-order valence-electron chi connectivity index (χ2n) is 4.40. The molecule has 0 aliphatic carbocycles. The molecule has 1 saturated heterocycles. The number of nitrogens with one attached hydrogen (secondary N) is 1. The zero-order valence-corrected chi connectivity index (χ0v) is 10.6. The van der Waals surface area contributed by atoms with Crippen molar-refractivity contribution in [3.63, 3.8) is 0 Å². The first-order valence-electron chi connectivity index (χ1n) is 5.77. The van der Waals surface area contributed by atoms with Crippen LogP contribution in [0.3, 0.4) is 0 Å². The lowest BCUT2D eigenvalue weighted by Crippen LogP contribution is -2.23. The van der Waals surface area contributed by atoms with Crippen molar-refractivity contribution >= 4 is 11.6 Å². The standard InChI is InChI=1S/C13H18ClNO/c1-9-12(14)7-10(8-13(9)16-2)6-11-4-3-5-15-11/h7-8,11,15H,3-6H2,1-2H3. The zero-order chi connectivity index (χ0) is 11.5. The molecular weight excluding hydrogens is 222 g/mol. The first-order chi connectivity index (χ1) is 7.70. The molecule has 2 rings (SSSR count). The number of halogens is 1. The highest BCUT2D eigenvalue weighted by Gasteiger charge is 2.15. The normalized spacial score (nSPS) is 20.1. The van der Waals surface area contributed by atoms with Crippen LogP contribution < -0.4 is 10.1 Å². The molecule has 1 fully saturated rings.